The summed E-state index contributed by atoms with van der Waals surface area (Å²) in [5.74, 6) is 0.646. The van der Waals surface area contributed by atoms with Crippen LogP contribution in [0.4, 0.5) is 5.69 Å². The number of nitrogens with one attached hydrogen (secondary N) is 3. The van der Waals surface area contributed by atoms with Gasteiger partial charge in [0.15, 0.2) is 12.6 Å². The smallest absolute Gasteiger partial charge is 0.279 e. The quantitative estimate of drug-likeness (QED) is 0.537. The molecule has 154 valence electrons. The molecule has 2 atom stereocenters. The van der Waals surface area contributed by atoms with Crippen LogP contribution >= 0.6 is 0 Å². The van der Waals surface area contributed by atoms with Crippen molar-refractivity contribution in [2.24, 2.45) is 0 Å². The largest absolute Gasteiger partial charge is 0.497 e. The van der Waals surface area contributed by atoms with E-state index in [2.05, 4.69) is 16.7 Å². The zero-order valence-corrected chi connectivity index (χ0v) is 17.3. The van der Waals surface area contributed by atoms with Gasteiger partial charge in [0.25, 0.3) is 11.8 Å². The summed E-state index contributed by atoms with van der Waals surface area (Å²) < 4.78 is 5.12. The summed E-state index contributed by atoms with van der Waals surface area (Å²) in [5, 5.41) is 5.92. The molecule has 1 aliphatic rings. The first kappa shape index (κ1) is 22.0. The first-order chi connectivity index (χ1) is 13.5. The predicted octanol–water partition coefficient (Wildman–Crippen LogP) is 1.93. The zero-order chi connectivity index (χ0) is 20.4. The second kappa shape index (κ2) is 11.5. The molecule has 1 unspecified atom stereocenters. The summed E-state index contributed by atoms with van der Waals surface area (Å²) in [6, 6.07) is 6.94. The van der Waals surface area contributed by atoms with Crippen LogP contribution in [0.25, 0.3) is 0 Å². The van der Waals surface area contributed by atoms with Crippen LogP contribution in [-0.2, 0) is 9.59 Å². The Hall–Kier alpha value is -2.34. The summed E-state index contributed by atoms with van der Waals surface area (Å²) in [6.45, 7) is 5.50. The normalized spacial score (nSPS) is 15.9. The van der Waals surface area contributed by atoms with E-state index in [4.69, 9.17) is 4.74 Å². The maximum Gasteiger partial charge on any atom is 0.279 e. The van der Waals surface area contributed by atoms with E-state index < -0.39 is 0 Å². The number of hydrogen-bond donors (Lipinski definition) is 3. The molecular weight excluding hydrogens is 354 g/mol. The van der Waals surface area contributed by atoms with E-state index in [1.165, 1.54) is 18.4 Å². The van der Waals surface area contributed by atoms with E-state index in [1.54, 1.807) is 31.4 Å². The van der Waals surface area contributed by atoms with Gasteiger partial charge < -0.3 is 20.3 Å². The van der Waals surface area contributed by atoms with E-state index in [1.807, 2.05) is 13.8 Å². The van der Waals surface area contributed by atoms with Crippen molar-refractivity contribution in [2.75, 3.05) is 32.1 Å². The molecule has 3 N–H and O–H groups in total. The molecule has 6 nitrogen and oxygen atoms in total. The molecule has 1 aromatic rings. The van der Waals surface area contributed by atoms with Gasteiger partial charge in [-0.3, -0.25) is 9.59 Å². The summed E-state index contributed by atoms with van der Waals surface area (Å²) in [6.07, 6.45) is 8.09. The number of anilines is 1. The van der Waals surface area contributed by atoms with Crippen LogP contribution in [0.5, 0.6) is 5.75 Å². The molecule has 0 saturated carbocycles. The molecule has 0 heterocycles. The van der Waals surface area contributed by atoms with Crippen molar-refractivity contribution in [1.82, 2.24) is 5.32 Å². The average molecular weight is 389 g/mol. The van der Waals surface area contributed by atoms with Crippen molar-refractivity contribution in [3.8, 4) is 5.75 Å². The standard InChI is InChI=1S/C22H33N3O3/c1-4-25(16-21(26)24-19-10-12-20(28-3)13-11-19)17(2)22(27)23-15-14-18-8-6-5-7-9-18/h8,10-13,17H,4-7,9,14-16H2,1-3H3,(H,23,27)(H,24,26)/p+1/t17-/m1/s1. The van der Waals surface area contributed by atoms with Crippen molar-refractivity contribution < 1.29 is 19.2 Å². The van der Waals surface area contributed by atoms with Crippen molar-refractivity contribution >= 4 is 17.5 Å². The fourth-order valence-electron chi connectivity index (χ4n) is 3.49. The molecule has 0 aromatic heterocycles. The number of quaternary nitrogens is 1. The van der Waals surface area contributed by atoms with E-state index in [9.17, 15) is 9.59 Å². The average Bonchev–Trinajstić information content (AvgIpc) is 2.72. The number of carbonyl (C=O) groups is 2. The lowest BCUT2D eigenvalue weighted by molar-refractivity contribution is -0.904. The predicted molar refractivity (Wildman–Crippen MR) is 112 cm³/mol. The van der Waals surface area contributed by atoms with Gasteiger partial charge in [0.1, 0.15) is 5.75 Å². The summed E-state index contributed by atoms with van der Waals surface area (Å²) in [4.78, 5) is 25.8. The highest BCUT2D eigenvalue weighted by Crippen LogP contribution is 2.19. The van der Waals surface area contributed by atoms with Crippen LogP contribution in [0.2, 0.25) is 0 Å². The van der Waals surface area contributed by atoms with Crippen LogP contribution in [0.1, 0.15) is 46.0 Å². The first-order valence-electron chi connectivity index (χ1n) is 10.3. The molecule has 0 spiro atoms. The second-order valence-electron chi connectivity index (χ2n) is 7.34. The molecule has 6 heteroatoms. The fourth-order valence-corrected chi connectivity index (χ4v) is 3.49. The molecule has 1 aliphatic carbocycles. The van der Waals surface area contributed by atoms with Crippen LogP contribution in [0.3, 0.4) is 0 Å². The highest BCUT2D eigenvalue weighted by molar-refractivity contribution is 5.91. The lowest BCUT2D eigenvalue weighted by Gasteiger charge is -2.23. The van der Waals surface area contributed by atoms with E-state index >= 15 is 0 Å². The van der Waals surface area contributed by atoms with Gasteiger partial charge in [0.05, 0.1) is 13.7 Å². The molecule has 0 saturated heterocycles. The maximum absolute atomic E-state index is 12.5. The Morgan fingerprint density at radius 2 is 1.96 bits per heavy atom. The molecule has 0 aliphatic heterocycles. The van der Waals surface area contributed by atoms with Crippen LogP contribution in [-0.4, -0.2) is 44.6 Å². The maximum atomic E-state index is 12.5. The van der Waals surface area contributed by atoms with Crippen LogP contribution in [0, 0.1) is 0 Å². The zero-order valence-electron chi connectivity index (χ0n) is 17.3. The number of rotatable bonds is 10. The van der Waals surface area contributed by atoms with E-state index in [0.717, 1.165) is 35.6 Å². The number of likely N-dealkylation sites (N-methyl/N-ethyl adjacent to an activating group) is 1. The molecule has 2 amide bonds. The number of hydrogen-bond acceptors (Lipinski definition) is 3. The highest BCUT2D eigenvalue weighted by atomic mass is 16.5. The third-order valence-electron chi connectivity index (χ3n) is 5.35. The van der Waals surface area contributed by atoms with Gasteiger partial charge in [-0.15, -0.1) is 0 Å². The minimum absolute atomic E-state index is 0.00510. The van der Waals surface area contributed by atoms with Crippen molar-refractivity contribution in [1.29, 1.82) is 0 Å². The lowest BCUT2D eigenvalue weighted by atomic mass is 9.97. The van der Waals surface area contributed by atoms with Gasteiger partial charge in [-0.2, -0.15) is 0 Å². The SMILES string of the molecule is CC[NH+](CC(=O)Nc1ccc(OC)cc1)[C@H](C)C(=O)NCCC1=CCCCC1. The number of methoxy groups -OCH3 is 1. The minimum atomic E-state index is -0.271. The van der Waals surface area contributed by atoms with Gasteiger partial charge in [-0.05, 0) is 70.2 Å². The molecule has 1 aromatic carbocycles. The Labute approximate surface area is 168 Å². The molecule has 2 rings (SSSR count). The minimum Gasteiger partial charge on any atom is -0.497 e. The third kappa shape index (κ3) is 7.00. The number of amides is 2. The van der Waals surface area contributed by atoms with Gasteiger partial charge in [0, 0.05) is 12.2 Å². The molecule has 0 fully saturated rings. The lowest BCUT2D eigenvalue weighted by Crippen LogP contribution is -3.17. The molecule has 28 heavy (non-hydrogen) atoms. The van der Waals surface area contributed by atoms with Gasteiger partial charge >= 0.3 is 0 Å². The number of allylic oxidation sites excluding steroid dienone is 1. The van der Waals surface area contributed by atoms with E-state index in [-0.39, 0.29) is 24.4 Å². The summed E-state index contributed by atoms with van der Waals surface area (Å²) >= 11 is 0. The monoisotopic (exact) mass is 388 g/mol. The van der Waals surface area contributed by atoms with E-state index in [0.29, 0.717) is 13.1 Å². The van der Waals surface area contributed by atoms with Gasteiger partial charge in [-0.1, -0.05) is 11.6 Å². The van der Waals surface area contributed by atoms with Crippen molar-refractivity contribution in [2.45, 2.75) is 52.0 Å². The van der Waals surface area contributed by atoms with Crippen LogP contribution in [0.15, 0.2) is 35.9 Å². The summed E-state index contributed by atoms with van der Waals surface area (Å²) in [7, 11) is 1.61. The third-order valence-corrected chi connectivity index (χ3v) is 5.35. The highest BCUT2D eigenvalue weighted by Gasteiger charge is 2.25. The Morgan fingerprint density at radius 3 is 2.57 bits per heavy atom. The molecule has 0 radical (unpaired) electrons. The molecular formula is C22H34N3O3+. The summed E-state index contributed by atoms with van der Waals surface area (Å²) in [5.41, 5.74) is 2.18. The Morgan fingerprint density at radius 1 is 1.21 bits per heavy atom. The fraction of sp³-hybridized carbons (Fsp3) is 0.545. The number of benzene rings is 1. The van der Waals surface area contributed by atoms with Gasteiger partial charge in [-0.25, -0.2) is 0 Å². The Bertz CT molecular complexity index is 670. The van der Waals surface area contributed by atoms with Gasteiger partial charge in [0.2, 0.25) is 0 Å². The number of carbonyl (C=O) groups excluding carboxylic acids is 2. The number of ether oxygens (including phenoxy) is 1. The topological polar surface area (TPSA) is 71.9 Å². The van der Waals surface area contributed by atoms with Crippen molar-refractivity contribution in [3.63, 3.8) is 0 Å². The molecule has 0 bridgehead atoms. The second-order valence-corrected chi connectivity index (χ2v) is 7.34. The first-order valence-corrected chi connectivity index (χ1v) is 10.3. The Balaban J connectivity index is 1.78. The Kier molecular flexibility index (Phi) is 9.01. The van der Waals surface area contributed by atoms with Crippen LogP contribution < -0.4 is 20.3 Å². The van der Waals surface area contributed by atoms with Crippen molar-refractivity contribution in [3.05, 3.63) is 35.9 Å².